The Balaban J connectivity index is 1.50. The van der Waals surface area contributed by atoms with Crippen LogP contribution < -0.4 is 5.01 Å². The van der Waals surface area contributed by atoms with E-state index in [1.165, 1.54) is 17.7 Å². The van der Waals surface area contributed by atoms with Crippen LogP contribution in [-0.4, -0.2) is 10.7 Å². The molecule has 2 aromatic carbocycles. The highest BCUT2D eigenvalue weighted by Crippen LogP contribution is 2.39. The molecule has 0 N–H and O–H groups in total. The van der Waals surface area contributed by atoms with Crippen LogP contribution in [0.4, 0.5) is 9.52 Å². The summed E-state index contributed by atoms with van der Waals surface area (Å²) < 4.78 is 13.5. The summed E-state index contributed by atoms with van der Waals surface area (Å²) in [4.78, 5) is 6.06. The van der Waals surface area contributed by atoms with Gasteiger partial charge in [-0.25, -0.2) is 14.4 Å². The molecule has 0 saturated heterocycles. The van der Waals surface area contributed by atoms with Crippen molar-refractivity contribution < 1.29 is 4.39 Å². The van der Waals surface area contributed by atoms with Crippen molar-refractivity contribution in [3.05, 3.63) is 93.2 Å². The summed E-state index contributed by atoms with van der Waals surface area (Å²) >= 11 is 3.28. The minimum absolute atomic E-state index is 0.00386. The van der Waals surface area contributed by atoms with Crippen LogP contribution in [0.2, 0.25) is 0 Å². The largest absolute Gasteiger partial charge is 0.231 e. The third-order valence-corrected chi connectivity index (χ3v) is 7.07. The third-order valence-electron chi connectivity index (χ3n) is 5.32. The molecular formula is C24H20FN3S2. The van der Waals surface area contributed by atoms with Gasteiger partial charge in [-0.2, -0.15) is 5.10 Å². The highest BCUT2D eigenvalue weighted by atomic mass is 32.1. The van der Waals surface area contributed by atoms with Gasteiger partial charge in [-0.3, -0.25) is 0 Å². The van der Waals surface area contributed by atoms with Crippen LogP contribution >= 0.6 is 22.7 Å². The maximum Gasteiger partial charge on any atom is 0.207 e. The Morgan fingerprint density at radius 1 is 1.03 bits per heavy atom. The molecule has 30 heavy (non-hydrogen) atoms. The molecule has 6 heteroatoms. The first-order chi connectivity index (χ1) is 14.7. The van der Waals surface area contributed by atoms with Crippen molar-refractivity contribution in [1.82, 2.24) is 4.98 Å². The van der Waals surface area contributed by atoms with Gasteiger partial charge in [0.15, 0.2) is 0 Å². The average molecular weight is 434 g/mol. The molecule has 150 valence electrons. The fraction of sp³-hybridized carbons (Fsp3) is 0.167. The van der Waals surface area contributed by atoms with Gasteiger partial charge >= 0.3 is 0 Å². The number of thiazole rings is 1. The SMILES string of the molecule is CCc1ccc(-c2csc(N3N=C(c4cccs4)C[C@H]3c3ccc(F)cc3)n2)cc1. The van der Waals surface area contributed by atoms with E-state index in [0.29, 0.717) is 0 Å². The number of thiophene rings is 1. The summed E-state index contributed by atoms with van der Waals surface area (Å²) in [6.07, 6.45) is 1.79. The smallest absolute Gasteiger partial charge is 0.207 e. The van der Waals surface area contributed by atoms with Crippen LogP contribution in [0, 0.1) is 5.82 Å². The van der Waals surface area contributed by atoms with E-state index in [2.05, 4.69) is 48.0 Å². The predicted octanol–water partition coefficient (Wildman–Crippen LogP) is 6.93. The van der Waals surface area contributed by atoms with Crippen molar-refractivity contribution in [3.8, 4) is 11.3 Å². The molecule has 3 nitrogen and oxygen atoms in total. The quantitative estimate of drug-likeness (QED) is 0.341. The fourth-order valence-corrected chi connectivity index (χ4v) is 5.19. The minimum Gasteiger partial charge on any atom is -0.231 e. The number of aromatic nitrogens is 1. The van der Waals surface area contributed by atoms with Crippen molar-refractivity contribution in [1.29, 1.82) is 0 Å². The summed E-state index contributed by atoms with van der Waals surface area (Å²) in [5.41, 5.74) is 5.46. The molecule has 2 aromatic heterocycles. The van der Waals surface area contributed by atoms with Crippen molar-refractivity contribution in [2.45, 2.75) is 25.8 Å². The standard InChI is InChI=1S/C24H20FN3S2/c1-2-16-5-7-17(8-6-16)21-15-30-24(26-21)28-22(18-9-11-19(25)12-10-18)14-20(27-28)23-4-3-13-29-23/h3-13,15,22H,2,14H2,1H3/t22-/m0/s1. The summed E-state index contributed by atoms with van der Waals surface area (Å²) in [5.74, 6) is -0.227. The Kier molecular flexibility index (Phi) is 5.19. The first-order valence-corrected chi connectivity index (χ1v) is 11.7. The van der Waals surface area contributed by atoms with Crippen LogP contribution in [0.3, 0.4) is 0 Å². The molecule has 0 aliphatic carbocycles. The Labute approximate surface area is 183 Å². The zero-order chi connectivity index (χ0) is 20.5. The maximum atomic E-state index is 13.5. The van der Waals surface area contributed by atoms with Crippen LogP contribution in [-0.2, 0) is 6.42 Å². The second kappa shape index (κ2) is 8.13. The monoisotopic (exact) mass is 433 g/mol. The number of hydrogen-bond acceptors (Lipinski definition) is 5. The summed E-state index contributed by atoms with van der Waals surface area (Å²) in [6.45, 7) is 2.15. The van der Waals surface area contributed by atoms with E-state index in [9.17, 15) is 4.39 Å². The molecule has 3 heterocycles. The van der Waals surface area contributed by atoms with Crippen LogP contribution in [0.5, 0.6) is 0 Å². The highest BCUT2D eigenvalue weighted by molar-refractivity contribution is 7.14. The van der Waals surface area contributed by atoms with Gasteiger partial charge in [-0.1, -0.05) is 49.4 Å². The van der Waals surface area contributed by atoms with E-state index in [1.54, 1.807) is 22.7 Å². The second-order valence-corrected chi connectivity index (χ2v) is 8.99. The summed E-state index contributed by atoms with van der Waals surface area (Å²) in [7, 11) is 0. The molecule has 0 radical (unpaired) electrons. The molecule has 0 bridgehead atoms. The lowest BCUT2D eigenvalue weighted by molar-refractivity contribution is 0.624. The lowest BCUT2D eigenvalue weighted by atomic mass is 10.0. The molecule has 0 saturated carbocycles. The number of hydrogen-bond donors (Lipinski definition) is 0. The number of nitrogens with zero attached hydrogens (tertiary/aromatic N) is 3. The number of hydrazone groups is 1. The van der Waals surface area contributed by atoms with Crippen molar-refractivity contribution in [2.75, 3.05) is 5.01 Å². The van der Waals surface area contributed by atoms with Gasteiger partial charge < -0.3 is 0 Å². The number of benzene rings is 2. The van der Waals surface area contributed by atoms with Gasteiger partial charge in [0.25, 0.3) is 0 Å². The molecular weight excluding hydrogens is 413 g/mol. The Morgan fingerprint density at radius 3 is 2.53 bits per heavy atom. The van der Waals surface area contributed by atoms with Gasteiger partial charge in [0.1, 0.15) is 5.82 Å². The van der Waals surface area contributed by atoms with Gasteiger partial charge in [-0.05, 0) is 41.1 Å². The fourth-order valence-electron chi connectivity index (χ4n) is 3.64. The molecule has 0 amide bonds. The number of aryl methyl sites for hydroxylation is 1. The number of rotatable bonds is 5. The van der Waals surface area contributed by atoms with E-state index in [-0.39, 0.29) is 11.9 Å². The third kappa shape index (κ3) is 3.68. The highest BCUT2D eigenvalue weighted by Gasteiger charge is 2.32. The Hall–Kier alpha value is -2.83. The molecule has 4 aromatic rings. The van der Waals surface area contributed by atoms with Crippen LogP contribution in [0.25, 0.3) is 11.3 Å². The second-order valence-electron chi connectivity index (χ2n) is 7.21. The van der Waals surface area contributed by atoms with E-state index >= 15 is 0 Å². The van der Waals surface area contributed by atoms with E-state index in [1.807, 2.05) is 23.2 Å². The van der Waals surface area contributed by atoms with E-state index < -0.39 is 0 Å². The molecule has 1 aliphatic rings. The van der Waals surface area contributed by atoms with Gasteiger partial charge in [0, 0.05) is 17.4 Å². The topological polar surface area (TPSA) is 28.5 Å². The lowest BCUT2D eigenvalue weighted by Crippen LogP contribution is -2.18. The average Bonchev–Trinajstić information content (AvgIpc) is 3.54. The van der Waals surface area contributed by atoms with Gasteiger partial charge in [0.05, 0.1) is 22.3 Å². The zero-order valence-corrected chi connectivity index (χ0v) is 18.1. The first kappa shape index (κ1) is 19.2. The zero-order valence-electron chi connectivity index (χ0n) is 16.5. The van der Waals surface area contributed by atoms with Crippen LogP contribution in [0.1, 0.15) is 35.4 Å². The number of anilines is 1. The van der Waals surface area contributed by atoms with Gasteiger partial charge in [-0.15, -0.1) is 22.7 Å². The normalized spacial score (nSPS) is 16.1. The Morgan fingerprint density at radius 2 is 1.83 bits per heavy atom. The first-order valence-electron chi connectivity index (χ1n) is 9.92. The van der Waals surface area contributed by atoms with Crippen molar-refractivity contribution in [2.24, 2.45) is 5.10 Å². The predicted molar refractivity (Wildman–Crippen MR) is 124 cm³/mol. The lowest BCUT2D eigenvalue weighted by Gasteiger charge is -2.21. The van der Waals surface area contributed by atoms with Gasteiger partial charge in [0.2, 0.25) is 5.13 Å². The Bertz CT molecular complexity index is 1160. The number of halogens is 1. The minimum atomic E-state index is -0.227. The molecule has 0 fully saturated rings. The van der Waals surface area contributed by atoms with E-state index in [4.69, 9.17) is 10.1 Å². The summed E-state index contributed by atoms with van der Waals surface area (Å²) in [6, 6.07) is 19.4. The van der Waals surface area contributed by atoms with Crippen molar-refractivity contribution in [3.63, 3.8) is 0 Å². The molecule has 0 unspecified atom stereocenters. The molecule has 1 atom stereocenters. The molecule has 5 rings (SSSR count). The molecule has 0 spiro atoms. The molecule has 1 aliphatic heterocycles. The van der Waals surface area contributed by atoms with E-state index in [0.717, 1.165) is 45.4 Å². The summed E-state index contributed by atoms with van der Waals surface area (Å²) in [5, 5.41) is 11.9. The van der Waals surface area contributed by atoms with Crippen molar-refractivity contribution >= 4 is 33.5 Å². The maximum absolute atomic E-state index is 13.5. The van der Waals surface area contributed by atoms with Crippen LogP contribution in [0.15, 0.2) is 76.5 Å².